The quantitative estimate of drug-likeness (QED) is 0.761. The van der Waals surface area contributed by atoms with Crippen molar-refractivity contribution in [1.82, 2.24) is 5.32 Å². The van der Waals surface area contributed by atoms with Gasteiger partial charge in [-0.1, -0.05) is 26.0 Å². The van der Waals surface area contributed by atoms with Gasteiger partial charge in [0.15, 0.2) is 0 Å². The van der Waals surface area contributed by atoms with Gasteiger partial charge in [0.2, 0.25) is 0 Å². The molecule has 0 heterocycles. The predicted molar refractivity (Wildman–Crippen MR) is 69.5 cm³/mol. The second-order valence-electron chi connectivity index (χ2n) is 3.92. The van der Waals surface area contributed by atoms with Gasteiger partial charge in [0.1, 0.15) is 0 Å². The highest BCUT2D eigenvalue weighted by atomic mass is 32.2. The molecule has 0 saturated heterocycles. The number of hydrogen-bond acceptors (Lipinski definition) is 2. The number of rotatable bonds is 5. The van der Waals surface area contributed by atoms with Crippen LogP contribution >= 0.6 is 11.8 Å². The van der Waals surface area contributed by atoms with Crippen LogP contribution in [0.3, 0.4) is 0 Å². The molecule has 84 valence electrons. The summed E-state index contributed by atoms with van der Waals surface area (Å²) < 4.78 is 0. The Morgan fingerprint density at radius 3 is 2.27 bits per heavy atom. The minimum atomic E-state index is 0.438. The van der Waals surface area contributed by atoms with Crippen molar-refractivity contribution in [2.45, 2.75) is 43.4 Å². The lowest BCUT2D eigenvalue weighted by molar-refractivity contribution is 0.652. The maximum absolute atomic E-state index is 3.25. The summed E-state index contributed by atoms with van der Waals surface area (Å²) in [6.45, 7) is 6.68. The van der Waals surface area contributed by atoms with Crippen LogP contribution in [0.25, 0.3) is 0 Å². The van der Waals surface area contributed by atoms with Crippen LogP contribution in [0.15, 0.2) is 29.2 Å². The van der Waals surface area contributed by atoms with Crippen LogP contribution in [0.1, 0.15) is 38.8 Å². The van der Waals surface area contributed by atoms with Crippen molar-refractivity contribution in [3.8, 4) is 0 Å². The molecule has 1 rings (SSSR count). The summed E-state index contributed by atoms with van der Waals surface area (Å²) in [5, 5.41) is 3.95. The lowest BCUT2D eigenvalue weighted by atomic mass is 10.1. The SMILES string of the molecule is CCC(C)Sc1ccc(C(C)NC)cc1. The molecule has 1 aromatic carbocycles. The molecule has 0 spiro atoms. The molecule has 0 aliphatic rings. The van der Waals surface area contributed by atoms with Gasteiger partial charge in [-0.15, -0.1) is 11.8 Å². The Hall–Kier alpha value is -0.470. The van der Waals surface area contributed by atoms with Crippen LogP contribution < -0.4 is 5.32 Å². The molecule has 0 bridgehead atoms. The summed E-state index contributed by atoms with van der Waals surface area (Å²) in [5.74, 6) is 0. The number of nitrogens with one attached hydrogen (secondary N) is 1. The van der Waals surface area contributed by atoms with Crippen LogP contribution in [0.5, 0.6) is 0 Å². The summed E-state index contributed by atoms with van der Waals surface area (Å²) in [6, 6.07) is 9.31. The average Bonchev–Trinajstić information content (AvgIpc) is 2.29. The fourth-order valence-corrected chi connectivity index (χ4v) is 2.24. The van der Waals surface area contributed by atoms with Crippen LogP contribution in [-0.2, 0) is 0 Å². The van der Waals surface area contributed by atoms with E-state index in [-0.39, 0.29) is 0 Å². The standard InChI is InChI=1S/C13H21NS/c1-5-10(2)15-13-8-6-12(7-9-13)11(3)14-4/h6-11,14H,5H2,1-4H3. The summed E-state index contributed by atoms with van der Waals surface area (Å²) in [7, 11) is 1.99. The molecule has 0 fully saturated rings. The van der Waals surface area contributed by atoms with E-state index in [4.69, 9.17) is 0 Å². The van der Waals surface area contributed by atoms with Crippen molar-refractivity contribution in [3.63, 3.8) is 0 Å². The van der Waals surface area contributed by atoms with Crippen LogP contribution in [0, 0.1) is 0 Å². The topological polar surface area (TPSA) is 12.0 Å². The number of hydrogen-bond donors (Lipinski definition) is 1. The minimum Gasteiger partial charge on any atom is -0.313 e. The van der Waals surface area contributed by atoms with Crippen LogP contribution in [0.4, 0.5) is 0 Å². The fourth-order valence-electron chi connectivity index (χ4n) is 1.32. The molecule has 0 aromatic heterocycles. The largest absolute Gasteiger partial charge is 0.313 e. The molecule has 2 heteroatoms. The first-order chi connectivity index (χ1) is 7.17. The molecule has 1 N–H and O–H groups in total. The number of benzene rings is 1. The van der Waals surface area contributed by atoms with E-state index < -0.39 is 0 Å². The fraction of sp³-hybridized carbons (Fsp3) is 0.538. The maximum atomic E-state index is 3.25. The Bertz CT molecular complexity index is 281. The second kappa shape index (κ2) is 6.19. The molecule has 15 heavy (non-hydrogen) atoms. The smallest absolute Gasteiger partial charge is 0.0289 e. The molecule has 1 nitrogen and oxygen atoms in total. The van der Waals surface area contributed by atoms with E-state index in [2.05, 4.69) is 50.4 Å². The molecular weight excluding hydrogens is 202 g/mol. The van der Waals surface area contributed by atoms with Crippen molar-refractivity contribution in [1.29, 1.82) is 0 Å². The second-order valence-corrected chi connectivity index (χ2v) is 5.43. The van der Waals surface area contributed by atoms with Gasteiger partial charge in [-0.25, -0.2) is 0 Å². The van der Waals surface area contributed by atoms with E-state index in [1.165, 1.54) is 16.9 Å². The monoisotopic (exact) mass is 223 g/mol. The van der Waals surface area contributed by atoms with Gasteiger partial charge in [0.25, 0.3) is 0 Å². The number of thioether (sulfide) groups is 1. The van der Waals surface area contributed by atoms with Gasteiger partial charge >= 0.3 is 0 Å². The Kier molecular flexibility index (Phi) is 5.20. The third kappa shape index (κ3) is 3.88. The highest BCUT2D eigenvalue weighted by Crippen LogP contribution is 2.26. The summed E-state index contributed by atoms with van der Waals surface area (Å²) in [4.78, 5) is 1.37. The molecule has 0 saturated carbocycles. The van der Waals surface area contributed by atoms with Crippen molar-refractivity contribution in [2.75, 3.05) is 7.05 Å². The maximum Gasteiger partial charge on any atom is 0.0289 e. The first-order valence-corrected chi connectivity index (χ1v) is 6.49. The zero-order valence-corrected chi connectivity index (χ0v) is 10.9. The van der Waals surface area contributed by atoms with Crippen LogP contribution in [-0.4, -0.2) is 12.3 Å². The lowest BCUT2D eigenvalue weighted by Gasteiger charge is -2.12. The van der Waals surface area contributed by atoms with Gasteiger partial charge in [0.05, 0.1) is 0 Å². The molecule has 0 amide bonds. The van der Waals surface area contributed by atoms with Gasteiger partial charge in [-0.05, 0) is 38.1 Å². The molecule has 2 atom stereocenters. The van der Waals surface area contributed by atoms with Crippen molar-refractivity contribution >= 4 is 11.8 Å². The molecule has 0 aliphatic carbocycles. The summed E-state index contributed by atoms with van der Waals surface area (Å²) in [5.41, 5.74) is 1.35. The molecule has 2 unspecified atom stereocenters. The normalized spacial score (nSPS) is 14.9. The third-order valence-corrected chi connectivity index (χ3v) is 4.01. The molecule has 1 aromatic rings. The first-order valence-electron chi connectivity index (χ1n) is 5.61. The van der Waals surface area contributed by atoms with Crippen LogP contribution in [0.2, 0.25) is 0 Å². The van der Waals surface area contributed by atoms with Crippen molar-refractivity contribution < 1.29 is 0 Å². The van der Waals surface area contributed by atoms with E-state index >= 15 is 0 Å². The van der Waals surface area contributed by atoms with E-state index in [1.54, 1.807) is 0 Å². The predicted octanol–water partition coefficient (Wildman–Crippen LogP) is 3.86. The Morgan fingerprint density at radius 1 is 1.20 bits per heavy atom. The van der Waals surface area contributed by atoms with Gasteiger partial charge < -0.3 is 5.32 Å². The van der Waals surface area contributed by atoms with Crippen molar-refractivity contribution in [3.05, 3.63) is 29.8 Å². The van der Waals surface area contributed by atoms with Crippen molar-refractivity contribution in [2.24, 2.45) is 0 Å². The highest BCUT2D eigenvalue weighted by Gasteiger charge is 2.04. The Morgan fingerprint density at radius 2 is 1.80 bits per heavy atom. The zero-order chi connectivity index (χ0) is 11.3. The van der Waals surface area contributed by atoms with E-state index in [0.717, 1.165) is 0 Å². The highest BCUT2D eigenvalue weighted by molar-refractivity contribution is 7.99. The van der Waals surface area contributed by atoms with E-state index in [0.29, 0.717) is 11.3 Å². The van der Waals surface area contributed by atoms with Gasteiger partial charge in [0, 0.05) is 16.2 Å². The van der Waals surface area contributed by atoms with Gasteiger partial charge in [-0.2, -0.15) is 0 Å². The average molecular weight is 223 g/mol. The first kappa shape index (κ1) is 12.6. The molecular formula is C13H21NS. The Labute approximate surface area is 97.7 Å². The molecule has 0 radical (unpaired) electrons. The van der Waals surface area contributed by atoms with E-state index in [1.807, 2.05) is 18.8 Å². The lowest BCUT2D eigenvalue weighted by Crippen LogP contribution is -2.11. The Balaban J connectivity index is 2.64. The van der Waals surface area contributed by atoms with E-state index in [9.17, 15) is 0 Å². The van der Waals surface area contributed by atoms with Gasteiger partial charge in [-0.3, -0.25) is 0 Å². The minimum absolute atomic E-state index is 0.438. The summed E-state index contributed by atoms with van der Waals surface area (Å²) in [6.07, 6.45) is 1.22. The summed E-state index contributed by atoms with van der Waals surface area (Å²) >= 11 is 1.95. The zero-order valence-electron chi connectivity index (χ0n) is 10.1. The molecule has 0 aliphatic heterocycles. The third-order valence-electron chi connectivity index (χ3n) is 2.73.